The first-order valence-electron chi connectivity index (χ1n) is 9.46. The zero-order valence-electron chi connectivity index (χ0n) is 16.6. The number of hydrogen-bond donors (Lipinski definition) is 2. The van der Waals surface area contributed by atoms with E-state index in [0.717, 1.165) is 12.2 Å². The van der Waals surface area contributed by atoms with E-state index < -0.39 is 0 Å². The fourth-order valence-corrected chi connectivity index (χ4v) is 3.34. The lowest BCUT2D eigenvalue weighted by molar-refractivity contribution is 0.215. The number of halogens is 1. The molecule has 3 aromatic rings. The van der Waals surface area contributed by atoms with Crippen LogP contribution in [0.15, 0.2) is 16.9 Å². The van der Waals surface area contributed by atoms with Gasteiger partial charge in [-0.2, -0.15) is 9.97 Å². The summed E-state index contributed by atoms with van der Waals surface area (Å²) in [7, 11) is 0. The highest BCUT2D eigenvalue weighted by Crippen LogP contribution is 2.25. The molecule has 3 aromatic heterocycles. The molecular weight excluding hydrogens is 396 g/mol. The Balaban J connectivity index is 1.41. The van der Waals surface area contributed by atoms with Crippen molar-refractivity contribution < 1.29 is 9.32 Å². The Kier molecular flexibility index (Phi) is 5.03. The number of aromatic nitrogens is 5. The van der Waals surface area contributed by atoms with E-state index in [0.29, 0.717) is 54.3 Å². The minimum Gasteiger partial charge on any atom is -0.359 e. The second kappa shape index (κ2) is 7.51. The van der Waals surface area contributed by atoms with Crippen molar-refractivity contribution in [3.05, 3.63) is 23.3 Å². The van der Waals surface area contributed by atoms with E-state index in [1.165, 1.54) is 0 Å². The van der Waals surface area contributed by atoms with Gasteiger partial charge in [0.05, 0.1) is 6.33 Å². The van der Waals surface area contributed by atoms with Crippen LogP contribution >= 0.6 is 11.6 Å². The minimum absolute atomic E-state index is 0.171. The summed E-state index contributed by atoms with van der Waals surface area (Å²) in [6.45, 7) is 8.52. The number of H-pyrrole nitrogens is 1. The molecule has 0 unspecified atom stereocenters. The highest BCUT2D eigenvalue weighted by atomic mass is 35.5. The second-order valence-corrected chi connectivity index (χ2v) is 8.36. The average Bonchev–Trinajstić information content (AvgIpc) is 3.25. The van der Waals surface area contributed by atoms with Gasteiger partial charge in [0.25, 0.3) is 0 Å². The molecule has 154 valence electrons. The van der Waals surface area contributed by atoms with Gasteiger partial charge in [-0.15, -0.1) is 0 Å². The van der Waals surface area contributed by atoms with Crippen molar-refractivity contribution in [3.8, 4) is 0 Å². The molecule has 0 radical (unpaired) electrons. The van der Waals surface area contributed by atoms with E-state index >= 15 is 0 Å². The Morgan fingerprint density at radius 3 is 2.83 bits per heavy atom. The van der Waals surface area contributed by atoms with Gasteiger partial charge in [-0.1, -0.05) is 37.5 Å². The van der Waals surface area contributed by atoms with Gasteiger partial charge in [0.15, 0.2) is 16.6 Å². The largest absolute Gasteiger partial charge is 0.359 e. The van der Waals surface area contributed by atoms with Gasteiger partial charge in [-0.3, -0.25) is 5.32 Å². The van der Waals surface area contributed by atoms with Crippen LogP contribution < -0.4 is 10.2 Å². The molecule has 4 heterocycles. The highest BCUT2D eigenvalue weighted by Gasteiger charge is 2.24. The number of aromatic amines is 1. The fourth-order valence-electron chi connectivity index (χ4n) is 3.13. The van der Waals surface area contributed by atoms with Crippen LogP contribution in [0.1, 0.15) is 33.0 Å². The molecule has 2 N–H and O–H groups in total. The predicted octanol–water partition coefficient (Wildman–Crippen LogP) is 3.04. The summed E-state index contributed by atoms with van der Waals surface area (Å²) in [5, 5.41) is 7.10. The normalized spacial score (nSPS) is 15.6. The van der Waals surface area contributed by atoms with Crippen LogP contribution in [0.2, 0.25) is 5.15 Å². The Hall–Kier alpha value is -2.88. The van der Waals surface area contributed by atoms with Crippen LogP contribution in [0.25, 0.3) is 11.2 Å². The smallest absolute Gasteiger partial charge is 0.323 e. The zero-order valence-corrected chi connectivity index (χ0v) is 17.3. The van der Waals surface area contributed by atoms with Gasteiger partial charge in [0.2, 0.25) is 5.95 Å². The van der Waals surface area contributed by atoms with Crippen LogP contribution in [-0.2, 0) is 5.41 Å². The number of carbonyl (C=O) groups is 1. The van der Waals surface area contributed by atoms with E-state index in [4.69, 9.17) is 16.1 Å². The van der Waals surface area contributed by atoms with Gasteiger partial charge in [-0.25, -0.2) is 9.78 Å². The second-order valence-electron chi connectivity index (χ2n) is 8.00. The van der Waals surface area contributed by atoms with Crippen molar-refractivity contribution in [3.63, 3.8) is 0 Å². The number of nitrogens with one attached hydrogen (secondary N) is 2. The average molecular weight is 419 g/mol. The summed E-state index contributed by atoms with van der Waals surface area (Å²) in [6, 6.07) is 1.55. The Morgan fingerprint density at radius 2 is 2.07 bits per heavy atom. The first kappa shape index (κ1) is 19.4. The molecule has 1 aliphatic rings. The van der Waals surface area contributed by atoms with Crippen LogP contribution in [-0.4, -0.2) is 62.2 Å². The van der Waals surface area contributed by atoms with Crippen molar-refractivity contribution in [1.29, 1.82) is 0 Å². The number of nitrogens with zero attached hydrogens (tertiary/aromatic N) is 6. The molecular formula is C18H23ClN8O2. The highest BCUT2D eigenvalue weighted by molar-refractivity contribution is 6.33. The number of fused-ring (bicyclic) bond motifs is 1. The molecule has 0 atom stereocenters. The Bertz CT molecular complexity index is 1020. The van der Waals surface area contributed by atoms with E-state index in [1.807, 2.05) is 25.7 Å². The number of hydrogen-bond acceptors (Lipinski definition) is 7. The van der Waals surface area contributed by atoms with Crippen LogP contribution in [0.4, 0.5) is 16.6 Å². The van der Waals surface area contributed by atoms with Crippen molar-refractivity contribution in [2.45, 2.75) is 32.6 Å². The maximum Gasteiger partial charge on any atom is 0.323 e. The van der Waals surface area contributed by atoms with Crippen molar-refractivity contribution >= 4 is 40.6 Å². The van der Waals surface area contributed by atoms with E-state index in [-0.39, 0.29) is 11.4 Å². The van der Waals surface area contributed by atoms with Gasteiger partial charge in [0, 0.05) is 37.7 Å². The van der Waals surface area contributed by atoms with Gasteiger partial charge < -0.3 is 19.3 Å². The lowest BCUT2D eigenvalue weighted by atomic mass is 9.93. The Morgan fingerprint density at radius 1 is 1.24 bits per heavy atom. The molecule has 29 heavy (non-hydrogen) atoms. The zero-order chi connectivity index (χ0) is 20.6. The number of urea groups is 1. The van der Waals surface area contributed by atoms with Gasteiger partial charge in [-0.05, 0) is 6.42 Å². The van der Waals surface area contributed by atoms with E-state index in [1.54, 1.807) is 17.3 Å². The summed E-state index contributed by atoms with van der Waals surface area (Å²) in [5.74, 6) is 1.65. The van der Waals surface area contributed by atoms with E-state index in [9.17, 15) is 4.79 Å². The summed E-state index contributed by atoms with van der Waals surface area (Å²) < 4.78 is 5.33. The maximum atomic E-state index is 12.7. The summed E-state index contributed by atoms with van der Waals surface area (Å²) >= 11 is 6.23. The van der Waals surface area contributed by atoms with Crippen LogP contribution in [0.5, 0.6) is 0 Å². The third kappa shape index (κ3) is 4.12. The number of rotatable bonds is 2. The standard InChI is InChI=1S/C18H23ClN8O2/c1-18(2,3)11-9-12(25-29-11)22-17(28)27-6-4-5-26(7-8-27)16-23-14(19)13-15(24-16)21-10-20-13/h9-10H,4-8H2,1-3H3,(H,22,25,28)(H,20,21,23,24). The summed E-state index contributed by atoms with van der Waals surface area (Å²) in [6.07, 6.45) is 2.32. The summed E-state index contributed by atoms with van der Waals surface area (Å²) in [4.78, 5) is 32.4. The molecule has 0 saturated carbocycles. The molecule has 0 spiro atoms. The van der Waals surface area contributed by atoms with E-state index in [2.05, 4.69) is 30.4 Å². The van der Waals surface area contributed by atoms with Crippen molar-refractivity contribution in [1.82, 2.24) is 30.0 Å². The van der Waals surface area contributed by atoms with Gasteiger partial charge >= 0.3 is 6.03 Å². The third-order valence-corrected chi connectivity index (χ3v) is 5.05. The van der Waals surface area contributed by atoms with Gasteiger partial charge in [0.1, 0.15) is 11.3 Å². The summed E-state index contributed by atoms with van der Waals surface area (Å²) in [5.41, 5.74) is 0.975. The first-order valence-corrected chi connectivity index (χ1v) is 9.84. The molecule has 10 nitrogen and oxygen atoms in total. The fraction of sp³-hybridized carbons (Fsp3) is 0.500. The molecule has 0 aromatic carbocycles. The predicted molar refractivity (Wildman–Crippen MR) is 109 cm³/mol. The van der Waals surface area contributed by atoms with Crippen LogP contribution in [0.3, 0.4) is 0 Å². The number of anilines is 2. The molecule has 0 bridgehead atoms. The lowest BCUT2D eigenvalue weighted by Crippen LogP contribution is -2.38. The number of amides is 2. The monoisotopic (exact) mass is 418 g/mol. The lowest BCUT2D eigenvalue weighted by Gasteiger charge is -2.22. The van der Waals surface area contributed by atoms with Crippen molar-refractivity contribution in [2.75, 3.05) is 36.4 Å². The topological polar surface area (TPSA) is 116 Å². The van der Waals surface area contributed by atoms with Crippen molar-refractivity contribution in [2.24, 2.45) is 0 Å². The molecule has 1 saturated heterocycles. The molecule has 2 amide bonds. The molecule has 1 fully saturated rings. The molecule has 4 rings (SSSR count). The third-order valence-electron chi connectivity index (χ3n) is 4.78. The SMILES string of the molecule is CC(C)(C)c1cc(NC(=O)N2CCCN(c3nc(Cl)c4[nH]cnc4n3)CC2)no1. The maximum absolute atomic E-state index is 12.7. The quantitative estimate of drug-likeness (QED) is 0.614. The molecule has 11 heteroatoms. The first-order chi connectivity index (χ1) is 13.8. The Labute approximate surface area is 172 Å². The minimum atomic E-state index is -0.206. The number of carbonyl (C=O) groups excluding carboxylic acids is 1. The molecule has 0 aliphatic carbocycles. The van der Waals surface area contributed by atoms with Crippen LogP contribution in [0, 0.1) is 0 Å². The number of imidazole rings is 1. The molecule has 1 aliphatic heterocycles.